The van der Waals surface area contributed by atoms with Crippen LogP contribution in [0.25, 0.3) is 0 Å². The highest BCUT2D eigenvalue weighted by atomic mass is 127. The fraction of sp³-hybridized carbons (Fsp3) is 1.00. The fourth-order valence-electron chi connectivity index (χ4n) is 0. The number of rotatable bonds is 0. The van der Waals surface area contributed by atoms with Crippen LogP contribution >= 0.6 is 71.9 Å². The van der Waals surface area contributed by atoms with E-state index in [2.05, 4.69) is 0 Å². The molecule has 1 nitrogen and oxygen atoms in total. The molecule has 0 amide bonds. The molecule has 0 aliphatic rings. The van der Waals surface area contributed by atoms with Crippen molar-refractivity contribution in [1.82, 2.24) is 0 Å². The van der Waals surface area contributed by atoms with Gasteiger partial charge in [-0.15, -0.1) is 71.9 Å². The summed E-state index contributed by atoms with van der Waals surface area (Å²) in [4.78, 5) is 0. The van der Waals surface area contributed by atoms with Gasteiger partial charge in [-0.3, -0.25) is 0 Å². The van der Waals surface area contributed by atoms with Gasteiger partial charge < -0.3 is 5.73 Å². The topological polar surface area (TPSA) is 26.0 Å². The van der Waals surface area contributed by atoms with Gasteiger partial charge in [0.2, 0.25) is 0 Å². The zero-order chi connectivity index (χ0) is 2.71. The van der Waals surface area contributed by atoms with E-state index in [4.69, 9.17) is 5.73 Å². The van der Waals surface area contributed by atoms with Crippen LogP contribution in [0.5, 0.6) is 0 Å². The molecule has 0 atom stereocenters. The molecule has 0 aromatic rings. The molecule has 6 heavy (non-hydrogen) atoms. The van der Waals surface area contributed by atoms with Crippen molar-refractivity contribution in [2.45, 2.75) is 6.92 Å². The highest BCUT2D eigenvalue weighted by Gasteiger charge is 1.32. The lowest BCUT2D eigenvalue weighted by molar-refractivity contribution is 1.14. The van der Waals surface area contributed by atoms with Crippen LogP contribution in [0.4, 0.5) is 0 Å². The summed E-state index contributed by atoms with van der Waals surface area (Å²) in [5.41, 5.74) is 4.85. The van der Waals surface area contributed by atoms with Gasteiger partial charge in [0, 0.05) is 0 Å². The molecule has 0 spiro atoms. The van der Waals surface area contributed by atoms with Crippen molar-refractivity contribution in [2.75, 3.05) is 6.54 Å². The maximum atomic E-state index is 4.85. The Morgan fingerprint density at radius 3 is 1.17 bits per heavy atom. The summed E-state index contributed by atoms with van der Waals surface area (Å²) in [6.45, 7) is 2.65. The number of hydrogen-bond acceptors (Lipinski definition) is 1. The number of halogens is 3. The minimum Gasteiger partial charge on any atom is -0.331 e. The average Bonchev–Trinajstić information content (AvgIpc) is 0.918. The summed E-state index contributed by atoms with van der Waals surface area (Å²) in [6.07, 6.45) is 0. The summed E-state index contributed by atoms with van der Waals surface area (Å²) < 4.78 is 0. The second-order valence-corrected chi connectivity index (χ2v) is 0.408. The minimum absolute atomic E-state index is 0. The Morgan fingerprint density at radius 1 is 1.17 bits per heavy atom. The Hall–Kier alpha value is 2.15. The van der Waals surface area contributed by atoms with E-state index in [1.54, 1.807) is 0 Å². The van der Waals surface area contributed by atoms with Crippen LogP contribution in [-0.2, 0) is 0 Å². The summed E-state index contributed by atoms with van der Waals surface area (Å²) in [5, 5.41) is 0. The van der Waals surface area contributed by atoms with E-state index in [-0.39, 0.29) is 71.9 Å². The van der Waals surface area contributed by atoms with Crippen molar-refractivity contribution in [3.05, 3.63) is 0 Å². The lowest BCUT2D eigenvalue weighted by atomic mass is 10.8. The second-order valence-electron chi connectivity index (χ2n) is 0.408. The quantitative estimate of drug-likeness (QED) is 0.585. The summed E-state index contributed by atoms with van der Waals surface area (Å²) >= 11 is 0. The third-order valence-electron chi connectivity index (χ3n) is 0. The first kappa shape index (κ1) is 24.2. The van der Waals surface area contributed by atoms with E-state index in [0.29, 0.717) is 0 Å². The van der Waals surface area contributed by atoms with E-state index in [9.17, 15) is 0 Å². The molecule has 0 unspecified atom stereocenters. The smallest absolute Gasteiger partial charge is 0.0106 e. The molecule has 0 saturated heterocycles. The number of nitrogens with two attached hydrogens (primary N) is 1. The van der Waals surface area contributed by atoms with Gasteiger partial charge in [-0.05, 0) is 6.54 Å². The predicted molar refractivity (Wildman–Crippen MR) is 61.0 cm³/mol. The van der Waals surface area contributed by atoms with Crippen molar-refractivity contribution in [3.8, 4) is 0 Å². The van der Waals surface area contributed by atoms with Gasteiger partial charge in [0.05, 0.1) is 0 Å². The van der Waals surface area contributed by atoms with E-state index < -0.39 is 0 Å². The first-order chi connectivity index (χ1) is 1.41. The predicted octanol–water partition coefficient (Wildman–Crippen LogP) is 1.82. The molecular formula is C2H10I3N. The fourth-order valence-corrected chi connectivity index (χ4v) is 0. The standard InChI is InChI=1S/C2H7N.3HI/c1-2-3;;;/h2-3H2,1H3;3*1H. The van der Waals surface area contributed by atoms with Crippen molar-refractivity contribution in [3.63, 3.8) is 0 Å². The molecule has 44 valence electrons. The minimum atomic E-state index is 0. The second kappa shape index (κ2) is 27.3. The molecule has 0 bridgehead atoms. The summed E-state index contributed by atoms with van der Waals surface area (Å²) in [7, 11) is 0. The van der Waals surface area contributed by atoms with Crippen LogP contribution in [-0.4, -0.2) is 6.54 Å². The van der Waals surface area contributed by atoms with Gasteiger partial charge in [-0.25, -0.2) is 0 Å². The van der Waals surface area contributed by atoms with Crippen LogP contribution in [0.3, 0.4) is 0 Å². The van der Waals surface area contributed by atoms with E-state index >= 15 is 0 Å². The van der Waals surface area contributed by atoms with Crippen LogP contribution in [0, 0.1) is 0 Å². The third-order valence-corrected chi connectivity index (χ3v) is 0. The van der Waals surface area contributed by atoms with Gasteiger partial charge in [-0.2, -0.15) is 0 Å². The highest BCUT2D eigenvalue weighted by molar-refractivity contribution is 14.0. The van der Waals surface area contributed by atoms with Crippen molar-refractivity contribution < 1.29 is 0 Å². The molecule has 0 aliphatic carbocycles. The number of hydrogen-bond donors (Lipinski definition) is 1. The first-order valence-electron chi connectivity index (χ1n) is 1.12. The van der Waals surface area contributed by atoms with Crippen molar-refractivity contribution in [1.29, 1.82) is 0 Å². The van der Waals surface area contributed by atoms with E-state index in [1.165, 1.54) is 0 Å². The highest BCUT2D eigenvalue weighted by Crippen LogP contribution is 1.20. The Bertz CT molecular complexity index is 8.75. The van der Waals surface area contributed by atoms with Crippen LogP contribution in [0.2, 0.25) is 0 Å². The lowest BCUT2D eigenvalue weighted by Gasteiger charge is -1.53. The molecule has 0 fully saturated rings. The first-order valence-corrected chi connectivity index (χ1v) is 1.12. The molecule has 0 aromatic heterocycles. The molecule has 0 heterocycles. The van der Waals surface area contributed by atoms with Gasteiger partial charge in [-0.1, -0.05) is 6.92 Å². The normalized spacial score (nSPS) is 3.00. The van der Waals surface area contributed by atoms with Crippen LogP contribution in [0.1, 0.15) is 6.92 Å². The van der Waals surface area contributed by atoms with Crippen molar-refractivity contribution >= 4 is 71.9 Å². The average molecular weight is 429 g/mol. The molecule has 0 aliphatic heterocycles. The molecule has 0 saturated carbocycles. The molecule has 2 N–H and O–H groups in total. The maximum Gasteiger partial charge on any atom is -0.0106 e. The lowest BCUT2D eigenvalue weighted by Crippen LogP contribution is -1.87. The maximum absolute atomic E-state index is 4.85. The third kappa shape index (κ3) is 35.3. The largest absolute Gasteiger partial charge is 0.331 e. The van der Waals surface area contributed by atoms with E-state index in [1.807, 2.05) is 6.92 Å². The van der Waals surface area contributed by atoms with Crippen molar-refractivity contribution in [2.24, 2.45) is 5.73 Å². The van der Waals surface area contributed by atoms with Crippen LogP contribution < -0.4 is 5.73 Å². The Morgan fingerprint density at radius 2 is 1.17 bits per heavy atom. The molecule has 0 radical (unpaired) electrons. The molecule has 4 heteroatoms. The monoisotopic (exact) mass is 429 g/mol. The Labute approximate surface area is 89.9 Å². The van der Waals surface area contributed by atoms with Gasteiger partial charge in [0.1, 0.15) is 0 Å². The summed E-state index contributed by atoms with van der Waals surface area (Å²) in [5.74, 6) is 0. The van der Waals surface area contributed by atoms with Crippen LogP contribution in [0.15, 0.2) is 0 Å². The summed E-state index contributed by atoms with van der Waals surface area (Å²) in [6, 6.07) is 0. The zero-order valence-electron chi connectivity index (χ0n) is 3.51. The van der Waals surface area contributed by atoms with Gasteiger partial charge in [0.25, 0.3) is 0 Å². The molecule has 0 aromatic carbocycles. The molecular weight excluding hydrogens is 419 g/mol. The van der Waals surface area contributed by atoms with Gasteiger partial charge in [0.15, 0.2) is 0 Å². The van der Waals surface area contributed by atoms with Gasteiger partial charge >= 0.3 is 0 Å². The zero-order valence-corrected chi connectivity index (χ0v) is 10.5. The van der Waals surface area contributed by atoms with E-state index in [0.717, 1.165) is 6.54 Å². The SMILES string of the molecule is CCN.I.I.I. The Balaban J connectivity index is -0.00000000667. The Kier molecular flexibility index (Phi) is 110. The molecule has 0 rings (SSSR count).